The topological polar surface area (TPSA) is 63.2 Å². The molecule has 0 spiro atoms. The van der Waals surface area contributed by atoms with Gasteiger partial charge < -0.3 is 5.32 Å². The summed E-state index contributed by atoms with van der Waals surface area (Å²) in [7, 11) is -3.29. The van der Waals surface area contributed by atoms with Gasteiger partial charge >= 0.3 is 0 Å². The largest absolute Gasteiger partial charge is 0.348 e. The highest BCUT2D eigenvalue weighted by Gasteiger charge is 2.18. The summed E-state index contributed by atoms with van der Waals surface area (Å²) in [5.41, 5.74) is 0.998. The van der Waals surface area contributed by atoms with Gasteiger partial charge in [0.1, 0.15) is 5.75 Å². The molecule has 1 N–H and O–H groups in total. The Bertz CT molecular complexity index is 509. The number of rotatable bonds is 6. The number of carbonyl (C=O) groups excluding carboxylic acids is 1. The Balaban J connectivity index is 2.79. The van der Waals surface area contributed by atoms with Gasteiger partial charge in [-0.3, -0.25) is 4.79 Å². The van der Waals surface area contributed by atoms with Crippen molar-refractivity contribution in [1.82, 2.24) is 5.32 Å². The van der Waals surface area contributed by atoms with Gasteiger partial charge in [0.15, 0.2) is 9.84 Å². The van der Waals surface area contributed by atoms with Crippen LogP contribution < -0.4 is 5.32 Å². The summed E-state index contributed by atoms with van der Waals surface area (Å²) in [6.45, 7) is 4.14. The molecule has 19 heavy (non-hydrogen) atoms. The van der Waals surface area contributed by atoms with Crippen molar-refractivity contribution < 1.29 is 13.2 Å². The van der Waals surface area contributed by atoms with E-state index >= 15 is 0 Å². The van der Waals surface area contributed by atoms with Crippen molar-refractivity contribution in [2.75, 3.05) is 12.0 Å². The Hall–Kier alpha value is -1.36. The van der Waals surface area contributed by atoms with Crippen molar-refractivity contribution in [3.05, 3.63) is 35.9 Å². The Kier molecular flexibility index (Phi) is 5.54. The third kappa shape index (κ3) is 6.38. The monoisotopic (exact) mass is 283 g/mol. The maximum Gasteiger partial charge on any atom is 0.235 e. The van der Waals surface area contributed by atoms with Crippen LogP contribution in [0.25, 0.3) is 0 Å². The lowest BCUT2D eigenvalue weighted by Crippen LogP contribution is -2.34. The van der Waals surface area contributed by atoms with E-state index < -0.39 is 21.5 Å². The zero-order chi connectivity index (χ0) is 14.5. The molecule has 4 nitrogen and oxygen atoms in total. The second-order valence-corrected chi connectivity index (χ2v) is 7.37. The molecule has 0 aliphatic heterocycles. The third-order valence-electron chi connectivity index (χ3n) is 2.64. The van der Waals surface area contributed by atoms with Crippen molar-refractivity contribution in [1.29, 1.82) is 0 Å². The fourth-order valence-electron chi connectivity index (χ4n) is 1.91. The van der Waals surface area contributed by atoms with Gasteiger partial charge in [0.2, 0.25) is 5.91 Å². The molecule has 1 aromatic carbocycles. The number of hydrogen-bond donors (Lipinski definition) is 1. The third-order valence-corrected chi connectivity index (χ3v) is 3.42. The van der Waals surface area contributed by atoms with Gasteiger partial charge in [-0.15, -0.1) is 0 Å². The van der Waals surface area contributed by atoms with Crippen LogP contribution in [0.3, 0.4) is 0 Å². The number of sulfone groups is 1. The minimum absolute atomic E-state index is 0.143. The molecule has 1 rings (SSSR count). The van der Waals surface area contributed by atoms with Gasteiger partial charge in [-0.1, -0.05) is 44.2 Å². The molecule has 0 saturated carbocycles. The average Bonchev–Trinajstić information content (AvgIpc) is 2.26. The Morgan fingerprint density at radius 1 is 1.21 bits per heavy atom. The first kappa shape index (κ1) is 15.7. The smallest absolute Gasteiger partial charge is 0.235 e. The Labute approximate surface area is 115 Å². The van der Waals surface area contributed by atoms with E-state index in [1.807, 2.05) is 30.3 Å². The molecular weight excluding hydrogens is 262 g/mol. The first-order valence-electron chi connectivity index (χ1n) is 6.30. The van der Waals surface area contributed by atoms with Gasteiger partial charge in [-0.25, -0.2) is 8.42 Å². The molecule has 0 bridgehead atoms. The van der Waals surface area contributed by atoms with Crippen LogP contribution in [-0.4, -0.2) is 26.3 Å². The molecule has 0 aliphatic rings. The predicted octanol–water partition coefficient (Wildman–Crippen LogP) is 1.93. The van der Waals surface area contributed by atoms with E-state index in [4.69, 9.17) is 0 Å². The SMILES string of the molecule is CC(C)C[C@H](NC(=O)CS(C)(=O)=O)c1ccccc1. The van der Waals surface area contributed by atoms with E-state index in [1.165, 1.54) is 0 Å². The van der Waals surface area contributed by atoms with Crippen LogP contribution in [0.4, 0.5) is 0 Å². The molecular formula is C14H21NO3S. The molecule has 1 atom stereocenters. The summed E-state index contributed by atoms with van der Waals surface area (Å²) < 4.78 is 22.2. The van der Waals surface area contributed by atoms with Crippen molar-refractivity contribution in [2.45, 2.75) is 26.3 Å². The Morgan fingerprint density at radius 2 is 1.79 bits per heavy atom. The highest BCUT2D eigenvalue weighted by molar-refractivity contribution is 7.91. The van der Waals surface area contributed by atoms with Crippen molar-refractivity contribution >= 4 is 15.7 Å². The van der Waals surface area contributed by atoms with Crippen LogP contribution in [0.2, 0.25) is 0 Å². The molecule has 106 valence electrons. The number of benzene rings is 1. The summed E-state index contributed by atoms with van der Waals surface area (Å²) in [6, 6.07) is 9.46. The summed E-state index contributed by atoms with van der Waals surface area (Å²) in [5, 5.41) is 2.80. The predicted molar refractivity (Wildman–Crippen MR) is 76.5 cm³/mol. The minimum Gasteiger partial charge on any atom is -0.348 e. The highest BCUT2D eigenvalue weighted by Crippen LogP contribution is 2.20. The van der Waals surface area contributed by atoms with E-state index in [9.17, 15) is 13.2 Å². The maximum absolute atomic E-state index is 11.7. The van der Waals surface area contributed by atoms with E-state index in [-0.39, 0.29) is 6.04 Å². The first-order chi connectivity index (χ1) is 8.78. The lowest BCUT2D eigenvalue weighted by molar-refractivity contribution is -0.119. The number of nitrogens with one attached hydrogen (secondary N) is 1. The lowest BCUT2D eigenvalue weighted by atomic mass is 9.97. The molecule has 0 fully saturated rings. The van der Waals surface area contributed by atoms with Gasteiger partial charge in [0.25, 0.3) is 0 Å². The molecule has 5 heteroatoms. The molecule has 1 amide bonds. The van der Waals surface area contributed by atoms with Crippen LogP contribution in [0, 0.1) is 5.92 Å². The molecule has 0 saturated heterocycles. The summed E-state index contributed by atoms with van der Waals surface area (Å²) in [5.74, 6) is -0.505. The van der Waals surface area contributed by atoms with Gasteiger partial charge in [0.05, 0.1) is 6.04 Å². The maximum atomic E-state index is 11.7. The number of carbonyl (C=O) groups is 1. The standard InChI is InChI=1S/C14H21NO3S/c1-11(2)9-13(12-7-5-4-6-8-12)15-14(16)10-19(3,17)18/h4-8,11,13H,9-10H2,1-3H3,(H,15,16)/t13-/m0/s1. The van der Waals surface area contributed by atoms with Crippen molar-refractivity contribution in [2.24, 2.45) is 5.92 Å². The molecule has 0 aromatic heterocycles. The van der Waals surface area contributed by atoms with Crippen molar-refractivity contribution in [3.63, 3.8) is 0 Å². The summed E-state index contributed by atoms with van der Waals surface area (Å²) in [4.78, 5) is 11.7. The lowest BCUT2D eigenvalue weighted by Gasteiger charge is -2.21. The van der Waals surface area contributed by atoms with Crippen LogP contribution >= 0.6 is 0 Å². The average molecular weight is 283 g/mol. The van der Waals surface area contributed by atoms with Crippen LogP contribution in [0.5, 0.6) is 0 Å². The molecule has 0 aliphatic carbocycles. The van der Waals surface area contributed by atoms with Gasteiger partial charge in [0, 0.05) is 6.26 Å². The fraction of sp³-hybridized carbons (Fsp3) is 0.500. The first-order valence-corrected chi connectivity index (χ1v) is 8.36. The van der Waals surface area contributed by atoms with E-state index in [0.717, 1.165) is 18.2 Å². The minimum atomic E-state index is -3.29. The van der Waals surface area contributed by atoms with Crippen molar-refractivity contribution in [3.8, 4) is 0 Å². The van der Waals surface area contributed by atoms with E-state index in [2.05, 4.69) is 19.2 Å². The molecule has 1 aromatic rings. The number of hydrogen-bond acceptors (Lipinski definition) is 3. The second kappa shape index (κ2) is 6.70. The second-order valence-electron chi connectivity index (χ2n) is 5.23. The van der Waals surface area contributed by atoms with Crippen LogP contribution in [0.15, 0.2) is 30.3 Å². The zero-order valence-electron chi connectivity index (χ0n) is 11.6. The summed E-state index contributed by atoms with van der Waals surface area (Å²) >= 11 is 0. The molecule has 0 radical (unpaired) electrons. The normalized spacial score (nSPS) is 13.3. The number of amides is 1. The van der Waals surface area contributed by atoms with Gasteiger partial charge in [-0.2, -0.15) is 0 Å². The molecule has 0 unspecified atom stereocenters. The summed E-state index contributed by atoms with van der Waals surface area (Å²) in [6.07, 6.45) is 1.84. The van der Waals surface area contributed by atoms with E-state index in [0.29, 0.717) is 5.92 Å². The van der Waals surface area contributed by atoms with Gasteiger partial charge in [-0.05, 0) is 17.9 Å². The van der Waals surface area contributed by atoms with E-state index in [1.54, 1.807) is 0 Å². The van der Waals surface area contributed by atoms with Crippen LogP contribution in [-0.2, 0) is 14.6 Å². The Morgan fingerprint density at radius 3 is 2.26 bits per heavy atom. The quantitative estimate of drug-likeness (QED) is 0.867. The van der Waals surface area contributed by atoms with Crippen LogP contribution in [0.1, 0.15) is 31.9 Å². The highest BCUT2D eigenvalue weighted by atomic mass is 32.2. The fourth-order valence-corrected chi connectivity index (χ4v) is 2.47. The molecule has 0 heterocycles. The zero-order valence-corrected chi connectivity index (χ0v) is 12.4.